The molecule has 7 heteroatoms. The van der Waals surface area contributed by atoms with E-state index in [4.69, 9.17) is 0 Å². The van der Waals surface area contributed by atoms with Crippen LogP contribution >= 0.6 is 0 Å². The van der Waals surface area contributed by atoms with E-state index in [2.05, 4.69) is 4.72 Å². The maximum Gasteiger partial charge on any atom is 0.262 e. The second-order valence-electron chi connectivity index (χ2n) is 4.74. The molecular formula is C15H11NO5S. The Kier molecular flexibility index (Phi) is 3.14. The number of rotatable bonds is 1. The summed E-state index contributed by atoms with van der Waals surface area (Å²) in [4.78, 5) is 12.3. The van der Waals surface area contributed by atoms with E-state index in [1.54, 1.807) is 6.07 Å². The predicted octanol–water partition coefficient (Wildman–Crippen LogP) is 1.61. The van der Waals surface area contributed by atoms with Crippen LogP contribution in [0.5, 0.6) is 11.5 Å². The molecule has 0 saturated heterocycles. The number of benzene rings is 2. The molecule has 0 unspecified atom stereocenters. The number of phenols is 2. The van der Waals surface area contributed by atoms with Gasteiger partial charge in [0.2, 0.25) is 5.78 Å². The molecule has 2 aromatic carbocycles. The minimum absolute atomic E-state index is 0.0642. The van der Waals surface area contributed by atoms with E-state index in [0.717, 1.165) is 0 Å². The van der Waals surface area contributed by atoms with Crippen molar-refractivity contribution in [1.82, 2.24) is 4.72 Å². The van der Waals surface area contributed by atoms with Gasteiger partial charge in [-0.1, -0.05) is 18.2 Å². The quantitative estimate of drug-likeness (QED) is 0.547. The molecule has 0 aromatic heterocycles. The summed E-state index contributed by atoms with van der Waals surface area (Å²) in [5, 5.41) is 18.7. The molecule has 22 heavy (non-hydrogen) atoms. The SMILES string of the molecule is O=C1/C(=C/c2ccc(O)c(O)c2)NS(=O)(=O)c2ccccc21. The van der Waals surface area contributed by atoms with Crippen molar-refractivity contribution in [3.63, 3.8) is 0 Å². The van der Waals surface area contributed by atoms with Gasteiger partial charge in [-0.25, -0.2) is 8.42 Å². The van der Waals surface area contributed by atoms with Gasteiger partial charge in [0, 0.05) is 5.56 Å². The minimum atomic E-state index is -3.81. The molecule has 2 aromatic rings. The molecule has 0 radical (unpaired) electrons. The van der Waals surface area contributed by atoms with Gasteiger partial charge >= 0.3 is 0 Å². The van der Waals surface area contributed by atoms with Crippen molar-refractivity contribution in [2.24, 2.45) is 0 Å². The third-order valence-electron chi connectivity index (χ3n) is 3.22. The van der Waals surface area contributed by atoms with Crippen LogP contribution in [0.25, 0.3) is 6.08 Å². The van der Waals surface area contributed by atoms with Crippen molar-refractivity contribution in [2.45, 2.75) is 4.90 Å². The average Bonchev–Trinajstić information content (AvgIpc) is 2.48. The number of carbonyl (C=O) groups excluding carboxylic acids is 1. The van der Waals surface area contributed by atoms with Crippen LogP contribution in [0.2, 0.25) is 0 Å². The van der Waals surface area contributed by atoms with Crippen LogP contribution in [0.4, 0.5) is 0 Å². The molecule has 3 rings (SSSR count). The number of phenolic OH excluding ortho intramolecular Hbond substituents is 2. The molecule has 0 bridgehead atoms. The second kappa shape index (κ2) is 4.88. The summed E-state index contributed by atoms with van der Waals surface area (Å²) < 4.78 is 26.5. The van der Waals surface area contributed by atoms with Gasteiger partial charge in [0.05, 0.1) is 10.6 Å². The summed E-state index contributed by atoms with van der Waals surface area (Å²) in [6, 6.07) is 9.85. The first-order valence-corrected chi connectivity index (χ1v) is 7.77. The number of fused-ring (bicyclic) bond motifs is 1. The highest BCUT2D eigenvalue weighted by molar-refractivity contribution is 7.90. The number of carbonyl (C=O) groups is 1. The van der Waals surface area contributed by atoms with Crippen LogP contribution in [0, 0.1) is 0 Å². The van der Waals surface area contributed by atoms with Crippen molar-refractivity contribution in [3.8, 4) is 11.5 Å². The fourth-order valence-electron chi connectivity index (χ4n) is 2.17. The van der Waals surface area contributed by atoms with Crippen LogP contribution in [0.1, 0.15) is 15.9 Å². The first-order chi connectivity index (χ1) is 10.4. The number of hydrogen-bond acceptors (Lipinski definition) is 5. The van der Waals surface area contributed by atoms with Crippen molar-refractivity contribution >= 4 is 21.9 Å². The average molecular weight is 317 g/mol. The lowest BCUT2D eigenvalue weighted by Gasteiger charge is -2.19. The monoisotopic (exact) mass is 317 g/mol. The van der Waals surface area contributed by atoms with Crippen molar-refractivity contribution < 1.29 is 23.4 Å². The number of aromatic hydroxyl groups is 2. The van der Waals surface area contributed by atoms with Gasteiger partial charge in [0.1, 0.15) is 0 Å². The molecule has 0 fully saturated rings. The number of hydrogen-bond donors (Lipinski definition) is 3. The minimum Gasteiger partial charge on any atom is -0.504 e. The Hall–Kier alpha value is -2.80. The number of nitrogens with one attached hydrogen (secondary N) is 1. The first kappa shape index (κ1) is 14.2. The van der Waals surface area contributed by atoms with E-state index in [0.29, 0.717) is 5.56 Å². The van der Waals surface area contributed by atoms with E-state index in [-0.39, 0.29) is 27.7 Å². The number of allylic oxidation sites excluding steroid dienone is 1. The largest absolute Gasteiger partial charge is 0.504 e. The van der Waals surface area contributed by atoms with Crippen LogP contribution in [0.3, 0.4) is 0 Å². The molecular weight excluding hydrogens is 306 g/mol. The van der Waals surface area contributed by atoms with Gasteiger partial charge in [-0.05, 0) is 35.9 Å². The summed E-state index contributed by atoms with van der Waals surface area (Å²) >= 11 is 0. The van der Waals surface area contributed by atoms with Crippen molar-refractivity contribution in [3.05, 3.63) is 59.3 Å². The van der Waals surface area contributed by atoms with E-state index < -0.39 is 15.8 Å². The van der Waals surface area contributed by atoms with E-state index in [9.17, 15) is 23.4 Å². The highest BCUT2D eigenvalue weighted by Gasteiger charge is 2.31. The number of sulfonamides is 1. The fraction of sp³-hybridized carbons (Fsp3) is 0. The Morgan fingerprint density at radius 2 is 1.73 bits per heavy atom. The van der Waals surface area contributed by atoms with Gasteiger partial charge < -0.3 is 10.2 Å². The summed E-state index contributed by atoms with van der Waals surface area (Å²) in [6.07, 6.45) is 1.30. The maximum absolute atomic E-state index is 12.4. The topological polar surface area (TPSA) is 104 Å². The van der Waals surface area contributed by atoms with Crippen LogP contribution < -0.4 is 4.72 Å². The standard InChI is InChI=1S/C15H11NO5S/c17-12-6-5-9(8-13(12)18)7-11-15(19)10-3-1-2-4-14(10)22(20,21)16-11/h1-8,16-18H/b11-7-. The smallest absolute Gasteiger partial charge is 0.262 e. The molecule has 1 aliphatic rings. The Labute approximate surface area is 126 Å². The van der Waals surface area contributed by atoms with Crippen LogP contribution in [-0.4, -0.2) is 24.4 Å². The molecule has 6 nitrogen and oxygen atoms in total. The fourth-order valence-corrected chi connectivity index (χ4v) is 3.43. The molecule has 0 saturated carbocycles. The normalized spacial score (nSPS) is 17.8. The van der Waals surface area contributed by atoms with Gasteiger partial charge in [0.15, 0.2) is 11.5 Å². The van der Waals surface area contributed by atoms with E-state index in [1.165, 1.54) is 42.5 Å². The number of Topliss-reactive ketones (excluding diaryl/α,β-unsaturated/α-hetero) is 1. The summed E-state index contributed by atoms with van der Waals surface area (Å²) in [5.74, 6) is -1.12. The third kappa shape index (κ3) is 2.31. The summed E-state index contributed by atoms with van der Waals surface area (Å²) in [7, 11) is -3.81. The summed E-state index contributed by atoms with van der Waals surface area (Å²) in [6.45, 7) is 0. The lowest BCUT2D eigenvalue weighted by Crippen LogP contribution is -2.34. The Morgan fingerprint density at radius 1 is 1.00 bits per heavy atom. The van der Waals surface area contributed by atoms with E-state index in [1.807, 2.05) is 0 Å². The lowest BCUT2D eigenvalue weighted by molar-refractivity contribution is 0.102. The van der Waals surface area contributed by atoms with Gasteiger partial charge in [-0.2, -0.15) is 0 Å². The molecule has 0 atom stereocenters. The van der Waals surface area contributed by atoms with Crippen LogP contribution in [0.15, 0.2) is 53.1 Å². The van der Waals surface area contributed by atoms with Crippen LogP contribution in [-0.2, 0) is 10.0 Å². The Bertz CT molecular complexity index is 915. The molecule has 1 aliphatic heterocycles. The molecule has 0 aliphatic carbocycles. The van der Waals surface area contributed by atoms with Gasteiger partial charge in [-0.3, -0.25) is 9.52 Å². The number of ketones is 1. The molecule has 0 amide bonds. The second-order valence-corrected chi connectivity index (χ2v) is 6.39. The lowest BCUT2D eigenvalue weighted by atomic mass is 10.1. The Balaban J connectivity index is 2.12. The van der Waals surface area contributed by atoms with Gasteiger partial charge in [-0.15, -0.1) is 0 Å². The van der Waals surface area contributed by atoms with Gasteiger partial charge in [0.25, 0.3) is 10.0 Å². The molecule has 1 heterocycles. The highest BCUT2D eigenvalue weighted by Crippen LogP contribution is 2.28. The van der Waals surface area contributed by atoms with Crippen molar-refractivity contribution in [2.75, 3.05) is 0 Å². The Morgan fingerprint density at radius 3 is 2.45 bits per heavy atom. The highest BCUT2D eigenvalue weighted by atomic mass is 32.2. The zero-order valence-electron chi connectivity index (χ0n) is 11.1. The predicted molar refractivity (Wildman–Crippen MR) is 78.8 cm³/mol. The van der Waals surface area contributed by atoms with E-state index >= 15 is 0 Å². The molecule has 3 N–H and O–H groups in total. The van der Waals surface area contributed by atoms with Crippen molar-refractivity contribution in [1.29, 1.82) is 0 Å². The molecule has 0 spiro atoms. The third-order valence-corrected chi connectivity index (χ3v) is 4.64. The maximum atomic E-state index is 12.4. The zero-order valence-corrected chi connectivity index (χ0v) is 12.0. The first-order valence-electron chi connectivity index (χ1n) is 6.29. The molecule has 112 valence electrons. The summed E-state index contributed by atoms with van der Waals surface area (Å²) in [5.41, 5.74) is 0.347. The zero-order chi connectivity index (χ0) is 15.9.